The van der Waals surface area contributed by atoms with Crippen LogP contribution < -0.4 is 10.0 Å². The van der Waals surface area contributed by atoms with Gasteiger partial charge in [-0.1, -0.05) is 18.0 Å². The molecule has 0 aliphatic heterocycles. The number of hydrogen-bond donors (Lipinski definition) is 3. The number of hydrogen-bond acceptors (Lipinski definition) is 6. The van der Waals surface area contributed by atoms with Crippen LogP contribution in [0.3, 0.4) is 0 Å². The number of carboxylic acids is 1. The lowest BCUT2D eigenvalue weighted by atomic mass is 9.93. The Bertz CT molecular complexity index is 745. The van der Waals surface area contributed by atoms with E-state index < -0.39 is 33.5 Å². The van der Waals surface area contributed by atoms with Crippen LogP contribution in [0.15, 0.2) is 9.42 Å². The summed E-state index contributed by atoms with van der Waals surface area (Å²) in [5, 5.41) is 15.4. The van der Waals surface area contributed by atoms with Crippen molar-refractivity contribution in [3.63, 3.8) is 0 Å². The highest BCUT2D eigenvalue weighted by molar-refractivity contribution is 7.89. The number of aryl methyl sites for hydroxylation is 2. The third-order valence-electron chi connectivity index (χ3n) is 4.40. The smallest absolute Gasteiger partial charge is 0.305 e. The third-order valence-corrected chi connectivity index (χ3v) is 6.18. The molecule has 1 atom stereocenters. The van der Waals surface area contributed by atoms with Crippen LogP contribution in [0.1, 0.15) is 50.5 Å². The van der Waals surface area contributed by atoms with Gasteiger partial charge in [0.2, 0.25) is 15.9 Å². The predicted octanol–water partition coefficient (Wildman–Crippen LogP) is 0.862. The normalized spacial score (nSPS) is 18.0. The first kappa shape index (κ1) is 19.4. The molecule has 1 amide bonds. The van der Waals surface area contributed by atoms with Crippen molar-refractivity contribution in [1.29, 1.82) is 0 Å². The number of nitrogens with one attached hydrogen (secondary N) is 2. The third kappa shape index (κ3) is 4.37. The van der Waals surface area contributed by atoms with E-state index in [4.69, 9.17) is 9.63 Å². The van der Waals surface area contributed by atoms with Crippen LogP contribution in [0.5, 0.6) is 0 Å². The Labute approximate surface area is 146 Å². The van der Waals surface area contributed by atoms with Gasteiger partial charge in [-0.15, -0.1) is 0 Å². The lowest BCUT2D eigenvalue weighted by Crippen LogP contribution is -2.54. The maximum absolute atomic E-state index is 12.5. The monoisotopic (exact) mass is 373 g/mol. The zero-order valence-corrected chi connectivity index (χ0v) is 15.3. The van der Waals surface area contributed by atoms with Crippen molar-refractivity contribution in [2.45, 2.75) is 69.4 Å². The predicted molar refractivity (Wildman–Crippen MR) is 87.4 cm³/mol. The standard InChI is InChI=1S/C15H23N3O6S/c1-9-13(11(3)24-17-9)25(22,23)18-10(2)14(21)16-15(8-12(19)20)6-4-5-7-15/h10,18H,4-8H2,1-3H3,(H,16,21)(H,19,20). The van der Waals surface area contributed by atoms with Gasteiger partial charge in [-0.05, 0) is 33.6 Å². The number of carbonyl (C=O) groups excluding carboxylic acids is 1. The Morgan fingerprint density at radius 2 is 1.92 bits per heavy atom. The second kappa shape index (κ2) is 7.12. The molecule has 1 aliphatic carbocycles. The van der Waals surface area contributed by atoms with Gasteiger partial charge in [-0.2, -0.15) is 4.72 Å². The van der Waals surface area contributed by atoms with Gasteiger partial charge in [0.25, 0.3) is 0 Å². The summed E-state index contributed by atoms with van der Waals surface area (Å²) in [6, 6.07) is -1.06. The van der Waals surface area contributed by atoms with Gasteiger partial charge in [-0.3, -0.25) is 9.59 Å². The molecule has 1 aromatic heterocycles. The molecule has 3 N–H and O–H groups in total. The molecule has 0 saturated heterocycles. The molecule has 0 aromatic carbocycles. The average molecular weight is 373 g/mol. The van der Waals surface area contributed by atoms with Crippen molar-refractivity contribution in [3.8, 4) is 0 Å². The summed E-state index contributed by atoms with van der Waals surface area (Å²) in [5.41, 5.74) is -0.609. The van der Waals surface area contributed by atoms with Crippen LogP contribution in [0.2, 0.25) is 0 Å². The molecule has 1 aromatic rings. The largest absolute Gasteiger partial charge is 0.481 e. The van der Waals surface area contributed by atoms with Gasteiger partial charge in [0.05, 0.1) is 18.0 Å². The van der Waals surface area contributed by atoms with Crippen LogP contribution in [0.4, 0.5) is 0 Å². The summed E-state index contributed by atoms with van der Waals surface area (Å²) >= 11 is 0. The highest BCUT2D eigenvalue weighted by Crippen LogP contribution is 2.32. The summed E-state index contributed by atoms with van der Waals surface area (Å²) in [4.78, 5) is 23.4. The zero-order valence-electron chi connectivity index (χ0n) is 14.5. The minimum atomic E-state index is -3.98. The van der Waals surface area contributed by atoms with Gasteiger partial charge in [-0.25, -0.2) is 8.42 Å². The van der Waals surface area contributed by atoms with E-state index in [-0.39, 0.29) is 22.8 Å². The topological polar surface area (TPSA) is 139 Å². The molecule has 10 heteroatoms. The highest BCUT2D eigenvalue weighted by Gasteiger charge is 2.39. The Kier molecular flexibility index (Phi) is 5.52. The van der Waals surface area contributed by atoms with Gasteiger partial charge in [0.15, 0.2) is 5.76 Å². The zero-order chi connectivity index (χ0) is 18.8. The van der Waals surface area contributed by atoms with Gasteiger partial charge >= 0.3 is 5.97 Å². The fraction of sp³-hybridized carbons (Fsp3) is 0.667. The quantitative estimate of drug-likeness (QED) is 0.644. The van der Waals surface area contributed by atoms with E-state index in [1.54, 1.807) is 0 Å². The molecule has 1 heterocycles. The van der Waals surface area contributed by atoms with Gasteiger partial charge in [0, 0.05) is 0 Å². The number of aliphatic carboxylic acids is 1. The van der Waals surface area contributed by atoms with Crippen molar-refractivity contribution in [3.05, 3.63) is 11.5 Å². The SMILES string of the molecule is Cc1noc(C)c1S(=O)(=O)NC(C)C(=O)NC1(CC(=O)O)CCCC1. The molecule has 1 unspecified atom stereocenters. The summed E-state index contributed by atoms with van der Waals surface area (Å²) < 4.78 is 32.1. The molecule has 0 radical (unpaired) electrons. The number of sulfonamides is 1. The molecule has 0 spiro atoms. The van der Waals surface area contributed by atoms with E-state index in [9.17, 15) is 18.0 Å². The van der Waals surface area contributed by atoms with Crippen LogP contribution in [0, 0.1) is 13.8 Å². The minimum Gasteiger partial charge on any atom is -0.481 e. The number of carboxylic acid groups (broad SMARTS) is 1. The number of aromatic nitrogens is 1. The van der Waals surface area contributed by atoms with Crippen molar-refractivity contribution >= 4 is 21.9 Å². The molecule has 1 aliphatic rings. The average Bonchev–Trinajstić information content (AvgIpc) is 3.04. The fourth-order valence-electron chi connectivity index (χ4n) is 3.26. The Hall–Kier alpha value is -1.94. The fourth-order valence-corrected chi connectivity index (χ4v) is 4.79. The lowest BCUT2D eigenvalue weighted by Gasteiger charge is -2.30. The molecule has 1 saturated carbocycles. The van der Waals surface area contributed by atoms with E-state index in [1.807, 2.05) is 0 Å². The molecule has 2 rings (SSSR count). The number of nitrogens with zero attached hydrogens (tertiary/aromatic N) is 1. The number of rotatable bonds is 7. The molecular formula is C15H23N3O6S. The Morgan fingerprint density at radius 3 is 2.40 bits per heavy atom. The van der Waals surface area contributed by atoms with E-state index in [2.05, 4.69) is 15.2 Å². The molecule has 9 nitrogen and oxygen atoms in total. The summed E-state index contributed by atoms with van der Waals surface area (Å²) in [6.07, 6.45) is 2.60. The van der Waals surface area contributed by atoms with Crippen LogP contribution >= 0.6 is 0 Å². The second-order valence-corrected chi connectivity index (χ2v) is 8.19. The molecule has 140 valence electrons. The van der Waals surface area contributed by atoms with E-state index in [0.29, 0.717) is 12.8 Å². The van der Waals surface area contributed by atoms with Crippen molar-refractivity contribution in [1.82, 2.24) is 15.2 Å². The first-order chi connectivity index (χ1) is 11.6. The van der Waals surface area contributed by atoms with Crippen LogP contribution in [-0.2, 0) is 19.6 Å². The highest BCUT2D eigenvalue weighted by atomic mass is 32.2. The summed E-state index contributed by atoms with van der Waals surface area (Å²) in [7, 11) is -3.98. The van der Waals surface area contributed by atoms with Crippen molar-refractivity contribution < 1.29 is 27.6 Å². The molecule has 1 fully saturated rings. The van der Waals surface area contributed by atoms with Crippen LogP contribution in [-0.4, -0.2) is 42.1 Å². The summed E-state index contributed by atoms with van der Waals surface area (Å²) in [5.74, 6) is -1.42. The molecule has 25 heavy (non-hydrogen) atoms. The second-order valence-electron chi connectivity index (χ2n) is 6.54. The van der Waals surface area contributed by atoms with E-state index >= 15 is 0 Å². The van der Waals surface area contributed by atoms with Gasteiger partial charge in [0.1, 0.15) is 10.6 Å². The first-order valence-electron chi connectivity index (χ1n) is 8.05. The number of carbonyl (C=O) groups is 2. The Balaban J connectivity index is 2.11. The minimum absolute atomic E-state index is 0.0896. The van der Waals surface area contributed by atoms with E-state index in [1.165, 1.54) is 20.8 Å². The molecule has 0 bridgehead atoms. The first-order valence-corrected chi connectivity index (χ1v) is 9.54. The Morgan fingerprint density at radius 1 is 1.32 bits per heavy atom. The summed E-state index contributed by atoms with van der Waals surface area (Å²) in [6.45, 7) is 4.38. The van der Waals surface area contributed by atoms with Crippen molar-refractivity contribution in [2.75, 3.05) is 0 Å². The van der Waals surface area contributed by atoms with Crippen LogP contribution in [0.25, 0.3) is 0 Å². The lowest BCUT2D eigenvalue weighted by molar-refractivity contribution is -0.139. The molecular weight excluding hydrogens is 350 g/mol. The maximum Gasteiger partial charge on any atom is 0.305 e. The maximum atomic E-state index is 12.5. The van der Waals surface area contributed by atoms with E-state index in [0.717, 1.165) is 12.8 Å². The van der Waals surface area contributed by atoms with Gasteiger partial charge < -0.3 is 14.9 Å². The van der Waals surface area contributed by atoms with Crippen molar-refractivity contribution in [2.24, 2.45) is 0 Å². The number of amides is 1.